The molecule has 0 bridgehead atoms. The van der Waals surface area contributed by atoms with Crippen LogP contribution in [0.25, 0.3) is 0 Å². The number of ether oxygens (including phenoxy) is 1. The first-order valence-corrected chi connectivity index (χ1v) is 7.16. The van der Waals surface area contributed by atoms with E-state index < -0.39 is 11.7 Å². The molecule has 0 aliphatic heterocycles. The van der Waals surface area contributed by atoms with Crippen LogP contribution < -0.4 is 4.90 Å². The van der Waals surface area contributed by atoms with Crippen molar-refractivity contribution in [3.63, 3.8) is 0 Å². The maximum absolute atomic E-state index is 13.2. The molecule has 0 N–H and O–H groups in total. The van der Waals surface area contributed by atoms with E-state index in [2.05, 4.69) is 5.92 Å². The molecule has 0 spiro atoms. The molecule has 3 nitrogen and oxygen atoms in total. The van der Waals surface area contributed by atoms with E-state index in [9.17, 15) is 9.18 Å². The highest BCUT2D eigenvalue weighted by Crippen LogP contribution is 2.30. The number of rotatable bonds is 2. The molecule has 23 heavy (non-hydrogen) atoms. The van der Waals surface area contributed by atoms with Crippen LogP contribution in [0, 0.1) is 18.2 Å². The average molecular weight is 311 g/mol. The summed E-state index contributed by atoms with van der Waals surface area (Å²) in [4.78, 5) is 14.0. The summed E-state index contributed by atoms with van der Waals surface area (Å²) in [5.74, 6) is 2.17. The van der Waals surface area contributed by atoms with Gasteiger partial charge in [0.25, 0.3) is 0 Å². The zero-order chi connectivity index (χ0) is 17.0. The summed E-state index contributed by atoms with van der Waals surface area (Å²) >= 11 is 0. The fourth-order valence-electron chi connectivity index (χ4n) is 2.03. The molecule has 2 aromatic carbocycles. The van der Waals surface area contributed by atoms with Crippen LogP contribution >= 0.6 is 0 Å². The van der Waals surface area contributed by atoms with Crippen LogP contribution in [0.5, 0.6) is 0 Å². The Morgan fingerprint density at radius 3 is 2.30 bits per heavy atom. The van der Waals surface area contributed by atoms with Crippen molar-refractivity contribution in [2.75, 3.05) is 4.90 Å². The van der Waals surface area contributed by atoms with Gasteiger partial charge in [-0.3, -0.25) is 0 Å². The zero-order valence-electron chi connectivity index (χ0n) is 13.3. The highest BCUT2D eigenvalue weighted by molar-refractivity contribution is 5.97. The maximum Gasteiger partial charge on any atom is 0.419 e. The van der Waals surface area contributed by atoms with Gasteiger partial charge in [0, 0.05) is 5.56 Å². The van der Waals surface area contributed by atoms with Gasteiger partial charge >= 0.3 is 6.09 Å². The van der Waals surface area contributed by atoms with E-state index in [0.717, 1.165) is 0 Å². The summed E-state index contributed by atoms with van der Waals surface area (Å²) < 4.78 is 18.7. The molecule has 0 radical (unpaired) electrons. The first-order chi connectivity index (χ1) is 10.8. The van der Waals surface area contributed by atoms with Crippen LogP contribution in [0.4, 0.5) is 20.6 Å². The number of halogens is 1. The summed E-state index contributed by atoms with van der Waals surface area (Å²) in [6.07, 6.45) is 4.95. The largest absolute Gasteiger partial charge is 0.443 e. The van der Waals surface area contributed by atoms with Gasteiger partial charge in [0.1, 0.15) is 11.4 Å². The Morgan fingerprint density at radius 1 is 1.13 bits per heavy atom. The highest BCUT2D eigenvalue weighted by atomic mass is 19.1. The molecular weight excluding hydrogens is 293 g/mol. The van der Waals surface area contributed by atoms with E-state index >= 15 is 0 Å². The van der Waals surface area contributed by atoms with Crippen LogP contribution in [0.15, 0.2) is 48.5 Å². The van der Waals surface area contributed by atoms with Crippen molar-refractivity contribution in [3.8, 4) is 12.3 Å². The van der Waals surface area contributed by atoms with Crippen molar-refractivity contribution in [2.24, 2.45) is 0 Å². The number of benzene rings is 2. The number of carbonyl (C=O) groups excluding carboxylic acids is 1. The molecule has 0 heterocycles. The molecule has 0 aliphatic rings. The Kier molecular flexibility index (Phi) is 4.71. The number of nitrogens with zero attached hydrogens (tertiary/aromatic N) is 1. The third-order valence-corrected chi connectivity index (χ3v) is 2.96. The van der Waals surface area contributed by atoms with E-state index in [1.54, 1.807) is 45.0 Å². The van der Waals surface area contributed by atoms with E-state index in [-0.39, 0.29) is 5.82 Å². The first-order valence-electron chi connectivity index (χ1n) is 7.16. The number of terminal acetylenes is 1. The predicted octanol–water partition coefficient (Wildman–Crippen LogP) is 4.88. The Balaban J connectivity index is 2.54. The van der Waals surface area contributed by atoms with Crippen LogP contribution in [0.3, 0.4) is 0 Å². The molecule has 1 amide bonds. The van der Waals surface area contributed by atoms with Crippen molar-refractivity contribution >= 4 is 17.5 Å². The van der Waals surface area contributed by atoms with Crippen molar-refractivity contribution in [3.05, 3.63) is 59.9 Å². The lowest BCUT2D eigenvalue weighted by molar-refractivity contribution is 0.0599. The Morgan fingerprint density at radius 2 is 1.74 bits per heavy atom. The smallest absolute Gasteiger partial charge is 0.419 e. The van der Waals surface area contributed by atoms with Gasteiger partial charge in [0.05, 0.1) is 11.4 Å². The lowest BCUT2D eigenvalue weighted by Gasteiger charge is -2.28. The second-order valence-electron chi connectivity index (χ2n) is 5.95. The second kappa shape index (κ2) is 6.53. The van der Waals surface area contributed by atoms with Gasteiger partial charge in [-0.1, -0.05) is 18.1 Å². The van der Waals surface area contributed by atoms with E-state index in [0.29, 0.717) is 16.9 Å². The monoisotopic (exact) mass is 311 g/mol. The van der Waals surface area contributed by atoms with E-state index in [1.165, 1.54) is 29.2 Å². The summed E-state index contributed by atoms with van der Waals surface area (Å²) in [6.45, 7) is 5.34. The normalized spacial score (nSPS) is 10.7. The molecule has 0 aliphatic carbocycles. The summed E-state index contributed by atoms with van der Waals surface area (Å²) in [7, 11) is 0. The lowest BCUT2D eigenvalue weighted by atomic mass is 10.1. The molecule has 0 aromatic heterocycles. The van der Waals surface area contributed by atoms with Gasteiger partial charge in [0.2, 0.25) is 0 Å². The van der Waals surface area contributed by atoms with Crippen molar-refractivity contribution in [2.45, 2.75) is 26.4 Å². The number of hydrogen-bond acceptors (Lipinski definition) is 2. The Labute approximate surface area is 135 Å². The molecule has 4 heteroatoms. The van der Waals surface area contributed by atoms with E-state index in [1.807, 2.05) is 0 Å². The molecule has 0 atom stereocenters. The summed E-state index contributed by atoms with van der Waals surface area (Å²) in [5.41, 5.74) is 0.863. The lowest BCUT2D eigenvalue weighted by Crippen LogP contribution is -2.34. The van der Waals surface area contributed by atoms with Gasteiger partial charge in [0.15, 0.2) is 0 Å². The SMILES string of the molecule is C#Cc1ccccc1N(C(=O)OC(C)(C)C)c1ccc(F)cc1. The van der Waals surface area contributed by atoms with Crippen molar-refractivity contribution < 1.29 is 13.9 Å². The quantitative estimate of drug-likeness (QED) is 0.740. The Bertz CT molecular complexity index is 739. The number of carbonyl (C=O) groups is 1. The molecular formula is C19H18FNO2. The molecule has 118 valence electrons. The first kappa shape index (κ1) is 16.6. The molecule has 0 saturated heterocycles. The van der Waals surface area contributed by atoms with Gasteiger partial charge in [-0.15, -0.1) is 6.42 Å². The zero-order valence-corrected chi connectivity index (χ0v) is 13.3. The van der Waals surface area contributed by atoms with Crippen LogP contribution in [-0.2, 0) is 4.74 Å². The molecule has 0 fully saturated rings. The predicted molar refractivity (Wildman–Crippen MR) is 89.2 cm³/mol. The van der Waals surface area contributed by atoms with Crippen LogP contribution in [0.2, 0.25) is 0 Å². The van der Waals surface area contributed by atoms with Crippen LogP contribution in [-0.4, -0.2) is 11.7 Å². The Hall–Kier alpha value is -2.80. The van der Waals surface area contributed by atoms with E-state index in [4.69, 9.17) is 11.2 Å². The topological polar surface area (TPSA) is 29.5 Å². The van der Waals surface area contributed by atoms with Crippen LogP contribution in [0.1, 0.15) is 26.3 Å². The maximum atomic E-state index is 13.2. The molecule has 0 saturated carbocycles. The average Bonchev–Trinajstić information content (AvgIpc) is 2.48. The fraction of sp³-hybridized carbons (Fsp3) is 0.211. The molecule has 2 aromatic rings. The number of hydrogen-bond donors (Lipinski definition) is 0. The van der Waals surface area contributed by atoms with Crippen molar-refractivity contribution in [1.82, 2.24) is 0 Å². The van der Waals surface area contributed by atoms with Gasteiger partial charge in [-0.25, -0.2) is 14.1 Å². The van der Waals surface area contributed by atoms with Crippen molar-refractivity contribution in [1.29, 1.82) is 0 Å². The number of amides is 1. The standard InChI is InChI=1S/C19H18FNO2/c1-5-14-8-6-7-9-17(14)21(18(22)23-19(2,3)4)16-12-10-15(20)11-13-16/h1,6-13H,2-4H3. The minimum Gasteiger partial charge on any atom is -0.443 e. The van der Waals surface area contributed by atoms with Gasteiger partial charge in [-0.05, 0) is 57.2 Å². The summed E-state index contributed by atoms with van der Waals surface area (Å²) in [5, 5.41) is 0. The third-order valence-electron chi connectivity index (χ3n) is 2.96. The summed E-state index contributed by atoms with van der Waals surface area (Å²) in [6, 6.07) is 12.6. The minimum atomic E-state index is -0.666. The molecule has 2 rings (SSSR count). The van der Waals surface area contributed by atoms with Gasteiger partial charge < -0.3 is 4.74 Å². The second-order valence-corrected chi connectivity index (χ2v) is 5.95. The molecule has 0 unspecified atom stereocenters. The third kappa shape index (κ3) is 4.10. The van der Waals surface area contributed by atoms with Gasteiger partial charge in [-0.2, -0.15) is 0 Å². The number of para-hydroxylation sites is 1. The minimum absolute atomic E-state index is 0.386. The number of anilines is 2. The highest BCUT2D eigenvalue weighted by Gasteiger charge is 2.26. The fourth-order valence-corrected chi connectivity index (χ4v) is 2.03.